The predicted molar refractivity (Wildman–Crippen MR) is 261 cm³/mol. The van der Waals surface area contributed by atoms with E-state index in [9.17, 15) is 33.6 Å². The van der Waals surface area contributed by atoms with E-state index in [2.05, 4.69) is 27.7 Å². The highest BCUT2D eigenvalue weighted by atomic mass is 16.6. The Morgan fingerprint density at radius 3 is 0.940 bits per heavy atom. The number of rotatable bonds is 41. The summed E-state index contributed by atoms with van der Waals surface area (Å²) in [5.41, 5.74) is -0.992. The van der Waals surface area contributed by atoms with Crippen LogP contribution >= 0.6 is 0 Å². The van der Waals surface area contributed by atoms with Crippen LogP contribution < -0.4 is 0 Å². The lowest BCUT2D eigenvalue weighted by Crippen LogP contribution is -2.26. The Labute approximate surface area is 406 Å². The number of unbranched alkanes of at least 4 members (excludes halogenated alkanes) is 7. The molecule has 0 N–H and O–H groups in total. The maximum absolute atomic E-state index is 11.9. The second-order valence-electron chi connectivity index (χ2n) is 18.9. The number of ether oxygens (including phenoxy) is 7. The van der Waals surface area contributed by atoms with Crippen molar-refractivity contribution in [3.8, 4) is 0 Å². The van der Waals surface area contributed by atoms with Crippen LogP contribution in [-0.2, 0) is 66.7 Å². The summed E-state index contributed by atoms with van der Waals surface area (Å²) in [5.74, 6) is -0.726. The van der Waals surface area contributed by atoms with Crippen LogP contribution in [0.1, 0.15) is 230 Å². The molecule has 14 heteroatoms. The van der Waals surface area contributed by atoms with Gasteiger partial charge in [0.15, 0.2) is 0 Å². The fourth-order valence-electron chi connectivity index (χ4n) is 6.05. The third kappa shape index (κ3) is 38.9. The lowest BCUT2D eigenvalue weighted by molar-refractivity contribution is -0.155. The number of esters is 7. The van der Waals surface area contributed by atoms with Crippen LogP contribution in [0.25, 0.3) is 0 Å². The van der Waals surface area contributed by atoms with Crippen molar-refractivity contribution in [3.05, 3.63) is 0 Å². The van der Waals surface area contributed by atoms with E-state index in [0.717, 1.165) is 64.2 Å². The van der Waals surface area contributed by atoms with Gasteiger partial charge in [0.2, 0.25) is 0 Å². The summed E-state index contributed by atoms with van der Waals surface area (Å²) >= 11 is 0. The zero-order valence-electron chi connectivity index (χ0n) is 44.0. The molecule has 0 amide bonds. The van der Waals surface area contributed by atoms with Crippen molar-refractivity contribution in [2.45, 2.75) is 230 Å². The van der Waals surface area contributed by atoms with Crippen molar-refractivity contribution < 1.29 is 66.7 Å². The molecule has 0 aromatic carbocycles. The number of hydrogen-bond donors (Lipinski definition) is 0. The average Bonchev–Trinajstić information content (AvgIpc) is 3.31. The molecule has 0 rings (SSSR count). The third-order valence-corrected chi connectivity index (χ3v) is 12.1. The molecular weight excluding hydrogens is 861 g/mol. The Bertz CT molecular complexity index is 1330. The zero-order chi connectivity index (χ0) is 50.8. The normalized spacial score (nSPS) is 12.1. The summed E-state index contributed by atoms with van der Waals surface area (Å²) in [5, 5.41) is 0. The smallest absolute Gasteiger partial charge is 0.311 e. The molecule has 0 aromatic rings. The molecule has 0 saturated heterocycles. The molecule has 0 aliphatic rings. The van der Waals surface area contributed by atoms with Crippen LogP contribution in [0.4, 0.5) is 0 Å². The van der Waals surface area contributed by atoms with Gasteiger partial charge in [-0.15, -0.1) is 0 Å². The van der Waals surface area contributed by atoms with Crippen molar-refractivity contribution in [3.63, 3.8) is 0 Å². The summed E-state index contributed by atoms with van der Waals surface area (Å²) in [6.07, 6.45) is 18.5. The van der Waals surface area contributed by atoms with E-state index in [1.807, 2.05) is 41.5 Å². The van der Waals surface area contributed by atoms with Crippen molar-refractivity contribution >= 4 is 41.8 Å². The molecule has 0 fully saturated rings. The highest BCUT2D eigenvalue weighted by Crippen LogP contribution is 2.23. The Morgan fingerprint density at radius 2 is 0.627 bits per heavy atom. The van der Waals surface area contributed by atoms with Crippen LogP contribution in [0.5, 0.6) is 0 Å². The van der Waals surface area contributed by atoms with E-state index >= 15 is 0 Å². The first-order valence-corrected chi connectivity index (χ1v) is 26.0. The molecule has 392 valence electrons. The van der Waals surface area contributed by atoms with Gasteiger partial charge in [-0.05, 0) is 129 Å². The van der Waals surface area contributed by atoms with E-state index in [-0.39, 0.29) is 67.8 Å². The average molecular weight is 957 g/mol. The molecule has 14 nitrogen and oxygen atoms in total. The SMILES string of the molecule is CCCCC(CC)COC(=O)CCCCCOC(=O)CCCOC(=O)C(C)(C)CC.CCCCC(CC)COC(=O)CCCCOC(=O)CCCCCOC(=O)CCCOC(=O)C(C)(C)CC. The largest absolute Gasteiger partial charge is 0.466 e. The summed E-state index contributed by atoms with van der Waals surface area (Å²) in [6, 6.07) is 0. The second-order valence-corrected chi connectivity index (χ2v) is 18.9. The van der Waals surface area contributed by atoms with Gasteiger partial charge in [0, 0.05) is 32.1 Å². The molecule has 0 aliphatic carbocycles. The fraction of sp³-hybridized carbons (Fsp3) is 0.868. The molecule has 2 atom stereocenters. The van der Waals surface area contributed by atoms with Crippen LogP contribution in [-0.4, -0.2) is 88.0 Å². The first-order chi connectivity index (χ1) is 31.9. The van der Waals surface area contributed by atoms with E-state index in [0.29, 0.717) is 115 Å². The van der Waals surface area contributed by atoms with Gasteiger partial charge in [-0.2, -0.15) is 0 Å². The lowest BCUT2D eigenvalue weighted by Gasteiger charge is -2.20. The topological polar surface area (TPSA) is 184 Å². The number of hydrogen-bond acceptors (Lipinski definition) is 14. The van der Waals surface area contributed by atoms with Crippen molar-refractivity contribution in [1.29, 1.82) is 0 Å². The van der Waals surface area contributed by atoms with Crippen molar-refractivity contribution in [2.24, 2.45) is 22.7 Å². The standard InChI is InChI=1S/C29H52O8.C24H44O6/c1-6-9-16-24(7-2)23-37-27(32)18-12-14-21-35-25(30)17-11-10-13-20-34-26(31)19-15-22-36-28(33)29(4,5)8-3;1-6-9-14-20(7-2)19-30-22(26)15-11-10-12-17-28-21(25)16-13-18-29-23(27)24(4,5)8-3/h24H,6-23H2,1-5H3;20H,6-19H2,1-5H3. The molecule has 0 heterocycles. The molecular formula is C53H96O14. The van der Waals surface area contributed by atoms with Gasteiger partial charge >= 0.3 is 41.8 Å². The molecule has 0 saturated carbocycles. The highest BCUT2D eigenvalue weighted by Gasteiger charge is 2.28. The van der Waals surface area contributed by atoms with Crippen molar-refractivity contribution in [2.75, 3.05) is 46.2 Å². The van der Waals surface area contributed by atoms with Gasteiger partial charge in [-0.25, -0.2) is 0 Å². The zero-order valence-corrected chi connectivity index (χ0v) is 44.0. The maximum atomic E-state index is 11.9. The number of carbonyl (C=O) groups excluding carboxylic acids is 7. The summed E-state index contributed by atoms with van der Waals surface area (Å²) in [7, 11) is 0. The van der Waals surface area contributed by atoms with E-state index in [1.54, 1.807) is 0 Å². The van der Waals surface area contributed by atoms with E-state index in [4.69, 9.17) is 33.2 Å². The van der Waals surface area contributed by atoms with Crippen LogP contribution in [0, 0.1) is 22.7 Å². The molecule has 67 heavy (non-hydrogen) atoms. The van der Waals surface area contributed by atoms with Gasteiger partial charge in [-0.1, -0.05) is 80.1 Å². The Balaban J connectivity index is 0. The Morgan fingerprint density at radius 1 is 0.343 bits per heavy atom. The predicted octanol–water partition coefficient (Wildman–Crippen LogP) is 11.9. The quantitative estimate of drug-likeness (QED) is 0.0320. The van der Waals surface area contributed by atoms with Crippen molar-refractivity contribution in [1.82, 2.24) is 0 Å². The Kier molecular flexibility index (Phi) is 41.4. The summed E-state index contributed by atoms with van der Waals surface area (Å²) in [4.78, 5) is 82.6. The molecule has 2 unspecified atom stereocenters. The summed E-state index contributed by atoms with van der Waals surface area (Å²) in [6.45, 7) is 22.3. The molecule has 0 aliphatic heterocycles. The molecule has 0 spiro atoms. The first-order valence-electron chi connectivity index (χ1n) is 26.0. The first kappa shape index (κ1) is 65.4. The van der Waals surface area contributed by atoms with E-state index in [1.165, 1.54) is 12.8 Å². The van der Waals surface area contributed by atoms with Gasteiger partial charge in [-0.3, -0.25) is 33.6 Å². The minimum Gasteiger partial charge on any atom is -0.466 e. The van der Waals surface area contributed by atoms with Gasteiger partial charge in [0.05, 0.1) is 57.1 Å². The molecule has 0 radical (unpaired) electrons. The van der Waals surface area contributed by atoms with Crippen LogP contribution in [0.15, 0.2) is 0 Å². The minimum atomic E-state index is -0.506. The van der Waals surface area contributed by atoms with Crippen LogP contribution in [0.2, 0.25) is 0 Å². The van der Waals surface area contributed by atoms with Gasteiger partial charge in [0.25, 0.3) is 0 Å². The molecule has 0 aromatic heterocycles. The van der Waals surface area contributed by atoms with Gasteiger partial charge in [0.1, 0.15) is 0 Å². The highest BCUT2D eigenvalue weighted by molar-refractivity contribution is 5.76. The maximum Gasteiger partial charge on any atom is 0.311 e. The summed E-state index contributed by atoms with van der Waals surface area (Å²) < 4.78 is 36.7. The second kappa shape index (κ2) is 42.4. The minimum absolute atomic E-state index is 0.136. The van der Waals surface area contributed by atoms with E-state index < -0.39 is 10.8 Å². The monoisotopic (exact) mass is 957 g/mol. The molecule has 0 bridgehead atoms. The Hall–Kier alpha value is -3.71. The number of carbonyl (C=O) groups is 7. The fourth-order valence-corrected chi connectivity index (χ4v) is 6.05. The van der Waals surface area contributed by atoms with Crippen LogP contribution in [0.3, 0.4) is 0 Å². The lowest BCUT2D eigenvalue weighted by atomic mass is 9.91. The van der Waals surface area contributed by atoms with Gasteiger partial charge < -0.3 is 33.2 Å². The third-order valence-electron chi connectivity index (χ3n) is 12.1.